The molecule has 0 saturated carbocycles. The molecule has 0 aromatic heterocycles. The number of benzene rings is 1. The molecule has 1 atom stereocenters. The van der Waals surface area contributed by atoms with E-state index in [1.54, 1.807) is 19.2 Å². The van der Waals surface area contributed by atoms with Gasteiger partial charge < -0.3 is 5.32 Å². The minimum absolute atomic E-state index is 0.0899. The normalized spacial score (nSPS) is 13.9. The molecule has 20 heavy (non-hydrogen) atoms. The van der Waals surface area contributed by atoms with Crippen LogP contribution in [-0.2, 0) is 10.0 Å². The molecule has 6 heteroatoms. The van der Waals surface area contributed by atoms with Crippen LogP contribution in [0, 0.1) is 0 Å². The first-order valence-electron chi connectivity index (χ1n) is 6.68. The third kappa shape index (κ3) is 5.05. The number of nitrogens with one attached hydrogen (secondary N) is 1. The quantitative estimate of drug-likeness (QED) is 0.841. The molecule has 1 N–H and O–H groups in total. The first-order valence-corrected chi connectivity index (χ1v) is 8.67. The maximum Gasteiger partial charge on any atom is 0.215 e. The smallest absolute Gasteiger partial charge is 0.215 e. The van der Waals surface area contributed by atoms with Gasteiger partial charge in [0, 0.05) is 30.7 Å². The largest absolute Gasteiger partial charge is 0.313 e. The van der Waals surface area contributed by atoms with Gasteiger partial charge in [-0.2, -0.15) is 4.31 Å². The van der Waals surface area contributed by atoms with Gasteiger partial charge in [-0.15, -0.1) is 0 Å². The number of sulfonamides is 1. The maximum atomic E-state index is 12.3. The lowest BCUT2D eigenvalue weighted by Crippen LogP contribution is -2.36. The third-order valence-corrected chi connectivity index (χ3v) is 5.38. The Balaban J connectivity index is 2.74. The van der Waals surface area contributed by atoms with Crippen molar-refractivity contribution in [3.05, 3.63) is 34.9 Å². The van der Waals surface area contributed by atoms with Crippen LogP contribution in [-0.4, -0.2) is 38.1 Å². The van der Waals surface area contributed by atoms with Crippen molar-refractivity contribution < 1.29 is 8.42 Å². The highest BCUT2D eigenvalue weighted by atomic mass is 35.5. The number of rotatable bonds is 7. The first-order chi connectivity index (χ1) is 9.24. The molecule has 0 fully saturated rings. The van der Waals surface area contributed by atoms with E-state index < -0.39 is 10.0 Å². The van der Waals surface area contributed by atoms with Crippen molar-refractivity contribution in [3.63, 3.8) is 0 Å². The van der Waals surface area contributed by atoms with Gasteiger partial charge in [-0.3, -0.25) is 0 Å². The minimum Gasteiger partial charge on any atom is -0.313 e. The highest BCUT2D eigenvalue weighted by molar-refractivity contribution is 7.89. The van der Waals surface area contributed by atoms with Crippen molar-refractivity contribution in [1.82, 2.24) is 9.62 Å². The molecule has 0 aliphatic heterocycles. The minimum atomic E-state index is -3.29. The molecule has 114 valence electrons. The standard InChI is InChI=1S/C14H23ClN2O2S/c1-11(2)16-8-9-20(18,19)17(4)12(3)13-6-5-7-14(15)10-13/h5-7,10-12,16H,8-9H2,1-4H3. The van der Waals surface area contributed by atoms with E-state index in [1.165, 1.54) is 4.31 Å². The highest BCUT2D eigenvalue weighted by Crippen LogP contribution is 2.23. The van der Waals surface area contributed by atoms with Crippen LogP contribution in [0.15, 0.2) is 24.3 Å². The van der Waals surface area contributed by atoms with Crippen LogP contribution < -0.4 is 5.32 Å². The van der Waals surface area contributed by atoms with Gasteiger partial charge in [0.2, 0.25) is 10.0 Å². The predicted molar refractivity (Wildman–Crippen MR) is 84.6 cm³/mol. The fourth-order valence-corrected chi connectivity index (χ4v) is 3.30. The molecule has 0 radical (unpaired) electrons. The van der Waals surface area contributed by atoms with Gasteiger partial charge in [0.25, 0.3) is 0 Å². The summed E-state index contributed by atoms with van der Waals surface area (Å²) < 4.78 is 25.9. The van der Waals surface area contributed by atoms with E-state index >= 15 is 0 Å². The molecule has 0 aliphatic carbocycles. The molecule has 0 bridgehead atoms. The van der Waals surface area contributed by atoms with Crippen molar-refractivity contribution >= 4 is 21.6 Å². The predicted octanol–water partition coefficient (Wildman–Crippen LogP) is 2.66. The summed E-state index contributed by atoms with van der Waals surface area (Å²) in [4.78, 5) is 0. The van der Waals surface area contributed by atoms with Crippen molar-refractivity contribution in [1.29, 1.82) is 0 Å². The molecular weight excluding hydrogens is 296 g/mol. The molecule has 0 saturated heterocycles. The Labute approximate surface area is 127 Å². The number of hydrogen-bond acceptors (Lipinski definition) is 3. The summed E-state index contributed by atoms with van der Waals surface area (Å²) in [6.45, 7) is 6.29. The monoisotopic (exact) mass is 318 g/mol. The van der Waals surface area contributed by atoms with Crippen LogP contribution in [0.1, 0.15) is 32.4 Å². The Bertz CT molecular complexity index is 532. The van der Waals surface area contributed by atoms with Gasteiger partial charge in [-0.05, 0) is 24.6 Å². The number of hydrogen-bond donors (Lipinski definition) is 1. The molecule has 1 unspecified atom stereocenters. The molecule has 4 nitrogen and oxygen atoms in total. The Morgan fingerprint density at radius 3 is 2.50 bits per heavy atom. The zero-order valence-electron chi connectivity index (χ0n) is 12.4. The molecule has 1 aromatic carbocycles. The van der Waals surface area contributed by atoms with Crippen molar-refractivity contribution in [2.75, 3.05) is 19.3 Å². The summed E-state index contributed by atoms with van der Waals surface area (Å²) in [5, 5.41) is 3.73. The molecule has 0 amide bonds. The molecule has 0 spiro atoms. The van der Waals surface area contributed by atoms with Crippen LogP contribution in [0.25, 0.3) is 0 Å². The zero-order valence-corrected chi connectivity index (χ0v) is 14.0. The average molecular weight is 319 g/mol. The lowest BCUT2D eigenvalue weighted by molar-refractivity contribution is 0.397. The van der Waals surface area contributed by atoms with Crippen LogP contribution in [0.3, 0.4) is 0 Å². The van der Waals surface area contributed by atoms with Crippen molar-refractivity contribution in [2.45, 2.75) is 32.9 Å². The Morgan fingerprint density at radius 2 is 1.95 bits per heavy atom. The third-order valence-electron chi connectivity index (χ3n) is 3.23. The van der Waals surface area contributed by atoms with Crippen LogP contribution >= 0.6 is 11.6 Å². The summed E-state index contributed by atoms with van der Waals surface area (Å²) >= 11 is 5.95. The van der Waals surface area contributed by atoms with E-state index in [1.807, 2.05) is 32.9 Å². The molecule has 1 aromatic rings. The summed E-state index contributed by atoms with van der Waals surface area (Å²) in [5.74, 6) is 0.0899. The van der Waals surface area contributed by atoms with E-state index in [-0.39, 0.29) is 17.8 Å². The summed E-state index contributed by atoms with van der Waals surface area (Å²) in [7, 11) is -1.68. The lowest BCUT2D eigenvalue weighted by atomic mass is 10.1. The Kier molecular flexibility index (Phi) is 6.45. The lowest BCUT2D eigenvalue weighted by Gasteiger charge is -2.25. The van der Waals surface area contributed by atoms with E-state index in [9.17, 15) is 8.42 Å². The molecule has 0 aliphatic rings. The van der Waals surface area contributed by atoms with Crippen LogP contribution in [0.4, 0.5) is 0 Å². The SMILES string of the molecule is CC(C)NCCS(=O)(=O)N(C)C(C)c1cccc(Cl)c1. The van der Waals surface area contributed by atoms with E-state index in [0.29, 0.717) is 11.6 Å². The fraction of sp³-hybridized carbons (Fsp3) is 0.571. The summed E-state index contributed by atoms with van der Waals surface area (Å²) in [6, 6.07) is 7.33. The zero-order chi connectivity index (χ0) is 15.3. The van der Waals surface area contributed by atoms with E-state index in [2.05, 4.69) is 5.32 Å². The highest BCUT2D eigenvalue weighted by Gasteiger charge is 2.24. The first kappa shape index (κ1) is 17.4. The molecule has 0 heterocycles. The number of nitrogens with zero attached hydrogens (tertiary/aromatic N) is 1. The van der Waals surface area contributed by atoms with Crippen LogP contribution in [0.5, 0.6) is 0 Å². The average Bonchev–Trinajstić information content (AvgIpc) is 2.36. The van der Waals surface area contributed by atoms with Gasteiger partial charge >= 0.3 is 0 Å². The maximum absolute atomic E-state index is 12.3. The second kappa shape index (κ2) is 7.41. The Hall–Kier alpha value is -0.620. The van der Waals surface area contributed by atoms with Gasteiger partial charge in [0.15, 0.2) is 0 Å². The van der Waals surface area contributed by atoms with Crippen LogP contribution in [0.2, 0.25) is 5.02 Å². The second-order valence-corrected chi connectivity index (χ2v) is 7.76. The molecule has 1 rings (SSSR count). The molecular formula is C14H23ClN2O2S. The van der Waals surface area contributed by atoms with Gasteiger partial charge in [0.1, 0.15) is 0 Å². The van der Waals surface area contributed by atoms with Gasteiger partial charge in [0.05, 0.1) is 5.75 Å². The fourth-order valence-electron chi connectivity index (χ4n) is 1.84. The van der Waals surface area contributed by atoms with Crippen molar-refractivity contribution in [3.8, 4) is 0 Å². The van der Waals surface area contributed by atoms with Gasteiger partial charge in [-0.1, -0.05) is 37.6 Å². The Morgan fingerprint density at radius 1 is 1.30 bits per heavy atom. The van der Waals surface area contributed by atoms with E-state index in [4.69, 9.17) is 11.6 Å². The van der Waals surface area contributed by atoms with Crippen molar-refractivity contribution in [2.24, 2.45) is 0 Å². The number of halogens is 1. The van der Waals surface area contributed by atoms with Gasteiger partial charge in [-0.25, -0.2) is 8.42 Å². The summed E-state index contributed by atoms with van der Waals surface area (Å²) in [5.41, 5.74) is 0.889. The second-order valence-electron chi connectivity index (χ2n) is 5.17. The topological polar surface area (TPSA) is 49.4 Å². The summed E-state index contributed by atoms with van der Waals surface area (Å²) in [6.07, 6.45) is 0. The van der Waals surface area contributed by atoms with E-state index in [0.717, 1.165) is 5.56 Å².